The van der Waals surface area contributed by atoms with Crippen LogP contribution < -0.4 is 16.0 Å². The number of hydrogen-bond acceptors (Lipinski definition) is 4. The molecule has 0 spiro atoms. The highest BCUT2D eigenvalue weighted by Gasteiger charge is 2.24. The number of rotatable bonds is 7. The van der Waals surface area contributed by atoms with Crippen molar-refractivity contribution in [2.45, 2.75) is 31.8 Å². The van der Waals surface area contributed by atoms with E-state index in [1.807, 2.05) is 61.3 Å². The minimum Gasteiger partial charge on any atom is -0.335 e. The predicted octanol–water partition coefficient (Wildman–Crippen LogP) is 2.92. The maximum Gasteiger partial charge on any atom is 0.321 e. The van der Waals surface area contributed by atoms with Gasteiger partial charge >= 0.3 is 6.03 Å². The fraction of sp³-hybridized carbons (Fsp3) is 0.318. The quantitative estimate of drug-likeness (QED) is 0.673. The molecule has 0 aromatic heterocycles. The number of carbonyl (C=O) groups excluding carboxylic acids is 3. The second kappa shape index (κ2) is 9.34. The highest BCUT2D eigenvalue weighted by atomic mass is 16.2. The summed E-state index contributed by atoms with van der Waals surface area (Å²) in [5.41, 5.74) is 2.22. The van der Waals surface area contributed by atoms with Crippen molar-refractivity contribution in [2.24, 2.45) is 0 Å². The van der Waals surface area contributed by atoms with E-state index in [1.165, 1.54) is 0 Å². The first-order valence-electron chi connectivity index (χ1n) is 9.69. The summed E-state index contributed by atoms with van der Waals surface area (Å²) >= 11 is 0. The average Bonchev–Trinajstić information content (AvgIpc) is 3.51. The second-order valence-corrected chi connectivity index (χ2v) is 7.33. The van der Waals surface area contributed by atoms with Crippen molar-refractivity contribution in [1.29, 1.82) is 0 Å². The number of anilines is 1. The highest BCUT2D eigenvalue weighted by Crippen LogP contribution is 2.22. The Bertz CT molecular complexity index is 881. The molecule has 0 radical (unpaired) electrons. The zero-order chi connectivity index (χ0) is 20.8. The van der Waals surface area contributed by atoms with Crippen LogP contribution in [0.25, 0.3) is 0 Å². The summed E-state index contributed by atoms with van der Waals surface area (Å²) in [4.78, 5) is 38.0. The molecule has 1 aliphatic carbocycles. The van der Waals surface area contributed by atoms with Gasteiger partial charge in [0.25, 0.3) is 5.91 Å². The molecule has 29 heavy (non-hydrogen) atoms. The van der Waals surface area contributed by atoms with Crippen molar-refractivity contribution in [2.75, 3.05) is 18.9 Å². The molecule has 2 aromatic carbocycles. The molecule has 1 fully saturated rings. The smallest absolute Gasteiger partial charge is 0.321 e. The Labute approximate surface area is 170 Å². The molecule has 2 aromatic rings. The minimum atomic E-state index is -0.441. The summed E-state index contributed by atoms with van der Waals surface area (Å²) in [5.74, 6) is -0.532. The summed E-state index contributed by atoms with van der Waals surface area (Å²) in [6, 6.07) is 16.2. The number of nitrogens with one attached hydrogen (secondary N) is 3. The van der Waals surface area contributed by atoms with Crippen LogP contribution in [0.15, 0.2) is 54.6 Å². The molecule has 1 aliphatic rings. The van der Waals surface area contributed by atoms with Crippen LogP contribution in [-0.2, 0) is 4.79 Å². The number of hydrogen-bond donors (Lipinski definition) is 3. The second-order valence-electron chi connectivity index (χ2n) is 7.33. The predicted molar refractivity (Wildman–Crippen MR) is 112 cm³/mol. The molecule has 7 nitrogen and oxygen atoms in total. The van der Waals surface area contributed by atoms with Gasteiger partial charge < -0.3 is 10.6 Å². The van der Waals surface area contributed by atoms with Gasteiger partial charge in [0.1, 0.15) is 0 Å². The first-order chi connectivity index (χ1) is 13.9. The lowest BCUT2D eigenvalue weighted by atomic mass is 10.1. The van der Waals surface area contributed by atoms with Crippen LogP contribution in [0.2, 0.25) is 0 Å². The van der Waals surface area contributed by atoms with Crippen LogP contribution in [0, 0.1) is 0 Å². The van der Waals surface area contributed by atoms with E-state index in [1.54, 1.807) is 12.1 Å². The number of amides is 4. The maximum atomic E-state index is 12.3. The van der Waals surface area contributed by atoms with Crippen molar-refractivity contribution in [3.63, 3.8) is 0 Å². The van der Waals surface area contributed by atoms with Crippen LogP contribution in [0.5, 0.6) is 0 Å². The third-order valence-electron chi connectivity index (χ3n) is 4.88. The SMILES string of the molecule is CC(c1cccc(NC(=O)c2ccccc2)c1)N(C)CC(=O)NC(=O)NC1CC1. The molecule has 3 N–H and O–H groups in total. The van der Waals surface area contributed by atoms with Gasteiger partial charge in [-0.1, -0.05) is 30.3 Å². The van der Waals surface area contributed by atoms with E-state index in [2.05, 4.69) is 16.0 Å². The van der Waals surface area contributed by atoms with Gasteiger partial charge in [-0.2, -0.15) is 0 Å². The molecule has 1 atom stereocenters. The molecule has 152 valence electrons. The Morgan fingerprint density at radius 2 is 1.79 bits per heavy atom. The van der Waals surface area contributed by atoms with E-state index in [0.717, 1.165) is 18.4 Å². The lowest BCUT2D eigenvalue weighted by Crippen LogP contribution is -2.44. The molecule has 0 bridgehead atoms. The van der Waals surface area contributed by atoms with Gasteiger partial charge in [-0.15, -0.1) is 0 Å². The van der Waals surface area contributed by atoms with Gasteiger partial charge in [0.15, 0.2) is 0 Å². The fourth-order valence-electron chi connectivity index (χ4n) is 2.90. The average molecular weight is 394 g/mol. The third-order valence-corrected chi connectivity index (χ3v) is 4.88. The number of benzene rings is 2. The van der Waals surface area contributed by atoms with Crippen molar-refractivity contribution in [3.05, 3.63) is 65.7 Å². The molecule has 4 amide bonds. The third kappa shape index (κ3) is 6.15. The fourth-order valence-corrected chi connectivity index (χ4v) is 2.90. The van der Waals surface area contributed by atoms with E-state index in [0.29, 0.717) is 11.3 Å². The van der Waals surface area contributed by atoms with Crippen molar-refractivity contribution >= 4 is 23.5 Å². The van der Waals surface area contributed by atoms with E-state index in [-0.39, 0.29) is 30.4 Å². The topological polar surface area (TPSA) is 90.5 Å². The zero-order valence-electron chi connectivity index (χ0n) is 16.6. The van der Waals surface area contributed by atoms with Crippen molar-refractivity contribution in [1.82, 2.24) is 15.5 Å². The molecule has 1 saturated carbocycles. The molecular formula is C22H26N4O3. The molecule has 0 heterocycles. The molecule has 7 heteroatoms. The first kappa shape index (κ1) is 20.5. The number of urea groups is 1. The van der Waals surface area contributed by atoms with Crippen LogP contribution >= 0.6 is 0 Å². The van der Waals surface area contributed by atoms with Gasteiger partial charge in [-0.25, -0.2) is 4.79 Å². The first-order valence-corrected chi connectivity index (χ1v) is 9.69. The number of carbonyl (C=O) groups is 3. The number of nitrogens with zero attached hydrogens (tertiary/aromatic N) is 1. The highest BCUT2D eigenvalue weighted by molar-refractivity contribution is 6.04. The Kier molecular flexibility index (Phi) is 6.61. The van der Waals surface area contributed by atoms with Gasteiger partial charge in [-0.3, -0.25) is 19.8 Å². The summed E-state index contributed by atoms with van der Waals surface area (Å²) < 4.78 is 0. The zero-order valence-corrected chi connectivity index (χ0v) is 16.6. The largest absolute Gasteiger partial charge is 0.335 e. The molecule has 0 saturated heterocycles. The van der Waals surface area contributed by atoms with E-state index >= 15 is 0 Å². The Morgan fingerprint density at radius 3 is 2.48 bits per heavy atom. The van der Waals surface area contributed by atoms with Crippen molar-refractivity contribution < 1.29 is 14.4 Å². The molecule has 0 aliphatic heterocycles. The van der Waals surface area contributed by atoms with E-state index < -0.39 is 6.03 Å². The Hall–Kier alpha value is -3.19. The maximum absolute atomic E-state index is 12.3. The number of imide groups is 1. The number of likely N-dealkylation sites (N-methyl/N-ethyl adjacent to an activating group) is 1. The Balaban J connectivity index is 1.56. The van der Waals surface area contributed by atoms with Crippen LogP contribution in [0.3, 0.4) is 0 Å². The van der Waals surface area contributed by atoms with E-state index in [4.69, 9.17) is 0 Å². The van der Waals surface area contributed by atoms with Crippen LogP contribution in [0.1, 0.15) is 41.7 Å². The summed E-state index contributed by atoms with van der Waals surface area (Å²) in [7, 11) is 1.82. The minimum absolute atomic E-state index is 0.0826. The molecule has 3 rings (SSSR count). The summed E-state index contributed by atoms with van der Waals surface area (Å²) in [6.45, 7) is 2.05. The summed E-state index contributed by atoms with van der Waals surface area (Å²) in [5, 5.41) is 7.98. The lowest BCUT2D eigenvalue weighted by Gasteiger charge is -2.24. The van der Waals surface area contributed by atoms with Gasteiger partial charge in [0.2, 0.25) is 5.91 Å². The van der Waals surface area contributed by atoms with Gasteiger partial charge in [0.05, 0.1) is 6.54 Å². The van der Waals surface area contributed by atoms with Crippen LogP contribution in [-0.4, -0.2) is 42.4 Å². The van der Waals surface area contributed by atoms with Crippen LogP contribution in [0.4, 0.5) is 10.5 Å². The Morgan fingerprint density at radius 1 is 1.07 bits per heavy atom. The normalized spacial score (nSPS) is 14.2. The summed E-state index contributed by atoms with van der Waals surface area (Å²) in [6.07, 6.45) is 1.94. The lowest BCUT2D eigenvalue weighted by molar-refractivity contribution is -0.121. The van der Waals surface area contributed by atoms with E-state index in [9.17, 15) is 14.4 Å². The molecule has 1 unspecified atom stereocenters. The van der Waals surface area contributed by atoms with Gasteiger partial charge in [-0.05, 0) is 56.6 Å². The monoisotopic (exact) mass is 394 g/mol. The van der Waals surface area contributed by atoms with Crippen molar-refractivity contribution in [3.8, 4) is 0 Å². The van der Waals surface area contributed by atoms with Gasteiger partial charge in [0, 0.05) is 23.3 Å². The molecular weight excluding hydrogens is 368 g/mol. The standard InChI is InChI=1S/C22H26N4O3/c1-15(26(2)14-20(27)25-22(29)24-18-11-12-18)17-9-6-10-19(13-17)23-21(28)16-7-4-3-5-8-16/h3-10,13,15,18H,11-12,14H2,1-2H3,(H,23,28)(H2,24,25,27,29).